The minimum atomic E-state index is -0.260. The summed E-state index contributed by atoms with van der Waals surface area (Å²) in [7, 11) is 0. The molecular weight excluding hydrogens is 203 g/mol. The Morgan fingerprint density at radius 2 is 2.19 bits per heavy atom. The summed E-state index contributed by atoms with van der Waals surface area (Å²) in [5.74, 6) is 0.468. The normalized spacial score (nSPS) is 17.8. The molecule has 0 amide bonds. The molecule has 1 N–H and O–H groups in total. The van der Waals surface area contributed by atoms with E-state index in [4.69, 9.17) is 0 Å². The molecule has 1 saturated carbocycles. The van der Waals surface area contributed by atoms with E-state index in [1.54, 1.807) is 6.20 Å². The van der Waals surface area contributed by atoms with Gasteiger partial charge >= 0.3 is 0 Å². The van der Waals surface area contributed by atoms with Crippen LogP contribution in [0.4, 0.5) is 4.39 Å². The first-order valence-corrected chi connectivity index (χ1v) is 5.92. The average molecular weight is 222 g/mol. The number of nitrogens with zero attached hydrogens (tertiary/aromatic N) is 1. The van der Waals surface area contributed by atoms with Gasteiger partial charge in [0.25, 0.3) is 0 Å². The van der Waals surface area contributed by atoms with Crippen molar-refractivity contribution in [3.63, 3.8) is 0 Å². The molecule has 1 heterocycles. The van der Waals surface area contributed by atoms with Crippen LogP contribution in [0.2, 0.25) is 0 Å². The first-order chi connectivity index (χ1) is 7.62. The maximum absolute atomic E-state index is 12.9. The predicted molar refractivity (Wildman–Crippen MR) is 62.4 cm³/mol. The highest BCUT2D eigenvalue weighted by molar-refractivity contribution is 5.10. The summed E-state index contributed by atoms with van der Waals surface area (Å²) in [6.07, 6.45) is 5.59. The zero-order valence-electron chi connectivity index (χ0n) is 9.96. The Morgan fingerprint density at radius 1 is 1.44 bits per heavy atom. The van der Waals surface area contributed by atoms with E-state index >= 15 is 0 Å². The van der Waals surface area contributed by atoms with Gasteiger partial charge in [-0.25, -0.2) is 4.39 Å². The highest BCUT2D eigenvalue weighted by Gasteiger charge is 2.44. The lowest BCUT2D eigenvalue weighted by Gasteiger charge is -2.20. The zero-order valence-corrected chi connectivity index (χ0v) is 9.96. The summed E-state index contributed by atoms with van der Waals surface area (Å²) in [6.45, 7) is 6.29. The van der Waals surface area contributed by atoms with Crippen molar-refractivity contribution in [1.82, 2.24) is 10.3 Å². The van der Waals surface area contributed by atoms with E-state index in [2.05, 4.69) is 24.1 Å². The quantitative estimate of drug-likeness (QED) is 0.828. The highest BCUT2D eigenvalue weighted by Crippen LogP contribution is 2.51. The second-order valence-electron chi connectivity index (χ2n) is 5.13. The summed E-state index contributed by atoms with van der Waals surface area (Å²) in [6, 6.07) is 1.54. The molecule has 0 radical (unpaired) electrons. The number of pyridine rings is 1. The molecular formula is C13H19FN2. The third kappa shape index (κ3) is 2.59. The fourth-order valence-electron chi connectivity index (χ4n) is 2.13. The molecule has 1 aliphatic carbocycles. The van der Waals surface area contributed by atoms with Gasteiger partial charge in [-0.2, -0.15) is 0 Å². The molecule has 1 fully saturated rings. The van der Waals surface area contributed by atoms with Gasteiger partial charge in [-0.1, -0.05) is 13.8 Å². The molecule has 0 unspecified atom stereocenters. The topological polar surface area (TPSA) is 24.9 Å². The smallest absolute Gasteiger partial charge is 0.141 e. The number of rotatable bonds is 5. The molecule has 3 heteroatoms. The van der Waals surface area contributed by atoms with E-state index in [0.29, 0.717) is 12.0 Å². The first kappa shape index (κ1) is 11.5. The van der Waals surface area contributed by atoms with E-state index in [1.807, 2.05) is 0 Å². The van der Waals surface area contributed by atoms with Crippen molar-refractivity contribution >= 4 is 0 Å². The number of nitrogens with one attached hydrogen (secondary N) is 1. The summed E-state index contributed by atoms with van der Waals surface area (Å²) < 4.78 is 12.9. The summed E-state index contributed by atoms with van der Waals surface area (Å²) in [5, 5.41) is 3.41. The standard InChI is InChI=1S/C13H19FN2/c1-10(2)13(3-4-13)9-16-7-11-5-12(14)8-15-6-11/h5-6,8,10,16H,3-4,7,9H2,1-2H3. The van der Waals surface area contributed by atoms with E-state index in [9.17, 15) is 4.39 Å². The molecule has 0 spiro atoms. The number of halogens is 1. The molecule has 0 atom stereocenters. The lowest BCUT2D eigenvalue weighted by molar-refractivity contribution is 0.337. The lowest BCUT2D eigenvalue weighted by Crippen LogP contribution is -2.27. The molecule has 0 aromatic carbocycles. The molecule has 16 heavy (non-hydrogen) atoms. The fraction of sp³-hybridized carbons (Fsp3) is 0.615. The Balaban J connectivity index is 1.80. The van der Waals surface area contributed by atoms with Gasteiger partial charge in [-0.05, 0) is 35.8 Å². The molecule has 88 valence electrons. The molecule has 2 rings (SSSR count). The molecule has 1 aromatic heterocycles. The van der Waals surface area contributed by atoms with Crippen LogP contribution in [0.25, 0.3) is 0 Å². The predicted octanol–water partition coefficient (Wildman–Crippen LogP) is 2.75. The Kier molecular flexibility index (Phi) is 3.24. The maximum Gasteiger partial charge on any atom is 0.141 e. The van der Waals surface area contributed by atoms with Crippen LogP contribution in [0.15, 0.2) is 18.5 Å². The Hall–Kier alpha value is -0.960. The second-order valence-corrected chi connectivity index (χ2v) is 5.13. The summed E-state index contributed by atoms with van der Waals surface area (Å²) >= 11 is 0. The van der Waals surface area contributed by atoms with Gasteiger partial charge < -0.3 is 5.32 Å². The Bertz CT molecular complexity index is 359. The zero-order chi connectivity index (χ0) is 11.6. The van der Waals surface area contributed by atoms with Crippen LogP contribution in [-0.4, -0.2) is 11.5 Å². The maximum atomic E-state index is 12.9. The van der Waals surface area contributed by atoms with Gasteiger partial charge in [-0.3, -0.25) is 4.98 Å². The third-order valence-corrected chi connectivity index (χ3v) is 3.68. The van der Waals surface area contributed by atoms with Crippen LogP contribution in [0.5, 0.6) is 0 Å². The van der Waals surface area contributed by atoms with Gasteiger partial charge in [0.15, 0.2) is 0 Å². The van der Waals surface area contributed by atoms with Crippen molar-refractivity contribution in [3.05, 3.63) is 29.8 Å². The fourth-order valence-corrected chi connectivity index (χ4v) is 2.13. The van der Waals surface area contributed by atoms with Crippen LogP contribution < -0.4 is 5.32 Å². The summed E-state index contributed by atoms with van der Waals surface area (Å²) in [4.78, 5) is 3.84. The van der Waals surface area contributed by atoms with Crippen LogP contribution in [-0.2, 0) is 6.54 Å². The van der Waals surface area contributed by atoms with Crippen molar-refractivity contribution in [2.45, 2.75) is 33.2 Å². The Labute approximate surface area is 96.3 Å². The molecule has 2 nitrogen and oxygen atoms in total. The average Bonchev–Trinajstić information content (AvgIpc) is 2.99. The van der Waals surface area contributed by atoms with Crippen LogP contribution in [0, 0.1) is 17.2 Å². The first-order valence-electron chi connectivity index (χ1n) is 5.92. The molecule has 0 aliphatic heterocycles. The summed E-state index contributed by atoms with van der Waals surface area (Å²) in [5.41, 5.74) is 1.42. The van der Waals surface area contributed by atoms with Crippen molar-refractivity contribution in [2.75, 3.05) is 6.54 Å². The molecule has 0 saturated heterocycles. The highest BCUT2D eigenvalue weighted by atomic mass is 19.1. The van der Waals surface area contributed by atoms with Gasteiger partial charge in [0, 0.05) is 19.3 Å². The minimum absolute atomic E-state index is 0.260. The van der Waals surface area contributed by atoms with Crippen molar-refractivity contribution in [2.24, 2.45) is 11.3 Å². The van der Waals surface area contributed by atoms with Crippen molar-refractivity contribution in [1.29, 1.82) is 0 Å². The van der Waals surface area contributed by atoms with Crippen LogP contribution >= 0.6 is 0 Å². The second kappa shape index (κ2) is 4.50. The minimum Gasteiger partial charge on any atom is -0.312 e. The van der Waals surface area contributed by atoms with E-state index < -0.39 is 0 Å². The van der Waals surface area contributed by atoms with Crippen LogP contribution in [0.3, 0.4) is 0 Å². The van der Waals surface area contributed by atoms with Gasteiger partial charge in [-0.15, -0.1) is 0 Å². The van der Waals surface area contributed by atoms with E-state index in [0.717, 1.165) is 18.0 Å². The van der Waals surface area contributed by atoms with E-state index in [1.165, 1.54) is 25.1 Å². The third-order valence-electron chi connectivity index (χ3n) is 3.68. The van der Waals surface area contributed by atoms with Crippen LogP contribution in [0.1, 0.15) is 32.3 Å². The van der Waals surface area contributed by atoms with Gasteiger partial charge in [0.2, 0.25) is 0 Å². The van der Waals surface area contributed by atoms with Crippen molar-refractivity contribution in [3.8, 4) is 0 Å². The molecule has 1 aliphatic rings. The number of aromatic nitrogens is 1. The molecule has 1 aromatic rings. The van der Waals surface area contributed by atoms with Gasteiger partial charge in [0.1, 0.15) is 5.82 Å². The largest absolute Gasteiger partial charge is 0.312 e. The molecule has 0 bridgehead atoms. The lowest BCUT2D eigenvalue weighted by atomic mass is 9.92. The van der Waals surface area contributed by atoms with E-state index in [-0.39, 0.29) is 5.82 Å². The van der Waals surface area contributed by atoms with Gasteiger partial charge in [0.05, 0.1) is 6.20 Å². The number of hydrogen-bond donors (Lipinski definition) is 1. The monoisotopic (exact) mass is 222 g/mol. The Morgan fingerprint density at radius 3 is 2.75 bits per heavy atom. The SMILES string of the molecule is CC(C)C1(CNCc2cncc(F)c2)CC1. The van der Waals surface area contributed by atoms with Crippen molar-refractivity contribution < 1.29 is 4.39 Å². The number of hydrogen-bond acceptors (Lipinski definition) is 2.